The summed E-state index contributed by atoms with van der Waals surface area (Å²) in [5.41, 5.74) is 0.305. The van der Waals surface area contributed by atoms with Crippen LogP contribution in [0.2, 0.25) is 0 Å². The zero-order valence-electron chi connectivity index (χ0n) is 10.2. The zero-order chi connectivity index (χ0) is 13.1. The normalized spacial score (nSPS) is 18.8. The summed E-state index contributed by atoms with van der Waals surface area (Å²) in [5.74, 6) is -0.363. The van der Waals surface area contributed by atoms with Crippen LogP contribution in [0.1, 0.15) is 23.3 Å². The molecule has 0 saturated carbocycles. The predicted molar refractivity (Wildman–Crippen MR) is 65.4 cm³/mol. The molecule has 1 aromatic rings. The van der Waals surface area contributed by atoms with Crippen molar-refractivity contribution in [3.05, 3.63) is 27.9 Å². The third-order valence-corrected chi connectivity index (χ3v) is 3.19. The lowest BCUT2D eigenvalue weighted by atomic mass is 10.2. The minimum Gasteiger partial charge on any atom is -0.358 e. The molecule has 0 aromatic carbocycles. The maximum Gasteiger partial charge on any atom is 0.323 e. The molecular weight excluding hydrogens is 236 g/mol. The van der Waals surface area contributed by atoms with Gasteiger partial charge in [0.2, 0.25) is 0 Å². The second-order valence-corrected chi connectivity index (χ2v) is 4.40. The van der Waals surface area contributed by atoms with Crippen LogP contribution in [0.15, 0.2) is 12.1 Å². The number of carbonyl (C=O) groups excluding carboxylic acids is 1. The Morgan fingerprint density at radius 2 is 2.44 bits per heavy atom. The monoisotopic (exact) mass is 252 g/mol. The van der Waals surface area contributed by atoms with Crippen LogP contribution in [0.3, 0.4) is 0 Å². The van der Waals surface area contributed by atoms with E-state index in [0.29, 0.717) is 18.3 Å². The minimum atomic E-state index is -0.505. The molecule has 1 atom stereocenters. The summed E-state index contributed by atoms with van der Waals surface area (Å²) in [6, 6.07) is 3.11. The molecule has 0 aliphatic carbocycles. The SMILES string of the molecule is Cn1c(C(=O)NCC2CCCN2)ccc1[N+](=O)[O-]. The Balaban J connectivity index is 1.98. The molecule has 0 radical (unpaired) electrons. The number of hydrogen-bond donors (Lipinski definition) is 2. The quantitative estimate of drug-likeness (QED) is 0.600. The average Bonchev–Trinajstić information content (AvgIpc) is 2.94. The van der Waals surface area contributed by atoms with Gasteiger partial charge in [0.25, 0.3) is 5.91 Å². The molecule has 1 aromatic heterocycles. The van der Waals surface area contributed by atoms with Crippen molar-refractivity contribution in [3.8, 4) is 0 Å². The molecule has 0 spiro atoms. The third-order valence-electron chi connectivity index (χ3n) is 3.19. The summed E-state index contributed by atoms with van der Waals surface area (Å²) in [6.07, 6.45) is 2.17. The van der Waals surface area contributed by atoms with Crippen LogP contribution in [0.5, 0.6) is 0 Å². The highest BCUT2D eigenvalue weighted by Crippen LogP contribution is 2.14. The van der Waals surface area contributed by atoms with Crippen LogP contribution >= 0.6 is 0 Å². The Morgan fingerprint density at radius 1 is 1.67 bits per heavy atom. The van der Waals surface area contributed by atoms with E-state index in [-0.39, 0.29) is 11.7 Å². The van der Waals surface area contributed by atoms with Crippen LogP contribution in [0.4, 0.5) is 5.82 Å². The van der Waals surface area contributed by atoms with Gasteiger partial charge >= 0.3 is 5.82 Å². The molecule has 2 N–H and O–H groups in total. The topological polar surface area (TPSA) is 89.2 Å². The fourth-order valence-electron chi connectivity index (χ4n) is 2.15. The molecular formula is C11H16N4O3. The minimum absolute atomic E-state index is 0.0841. The van der Waals surface area contributed by atoms with Crippen molar-refractivity contribution in [2.24, 2.45) is 7.05 Å². The van der Waals surface area contributed by atoms with Crippen LogP contribution < -0.4 is 10.6 Å². The fraction of sp³-hybridized carbons (Fsp3) is 0.545. The van der Waals surface area contributed by atoms with Gasteiger partial charge in [0.05, 0.1) is 7.05 Å². The molecule has 7 nitrogen and oxygen atoms in total. The van der Waals surface area contributed by atoms with E-state index in [1.807, 2.05) is 0 Å². The van der Waals surface area contributed by atoms with Crippen LogP contribution in [0, 0.1) is 10.1 Å². The average molecular weight is 252 g/mol. The van der Waals surface area contributed by atoms with Gasteiger partial charge in [-0.05, 0) is 30.4 Å². The van der Waals surface area contributed by atoms with E-state index in [0.717, 1.165) is 19.4 Å². The lowest BCUT2D eigenvalue weighted by Gasteiger charge is -2.10. The van der Waals surface area contributed by atoms with Crippen molar-refractivity contribution < 1.29 is 9.72 Å². The van der Waals surface area contributed by atoms with Crippen molar-refractivity contribution in [2.45, 2.75) is 18.9 Å². The summed E-state index contributed by atoms with van der Waals surface area (Å²) in [6.45, 7) is 1.54. The van der Waals surface area contributed by atoms with Gasteiger partial charge in [-0.1, -0.05) is 0 Å². The molecule has 1 amide bonds. The molecule has 0 bridgehead atoms. The summed E-state index contributed by atoms with van der Waals surface area (Å²) < 4.78 is 1.29. The molecule has 1 saturated heterocycles. The molecule has 98 valence electrons. The van der Waals surface area contributed by atoms with E-state index in [2.05, 4.69) is 10.6 Å². The van der Waals surface area contributed by atoms with Crippen LogP contribution in [-0.4, -0.2) is 34.5 Å². The number of aromatic nitrogens is 1. The first-order valence-corrected chi connectivity index (χ1v) is 5.91. The van der Waals surface area contributed by atoms with Gasteiger partial charge in [-0.2, -0.15) is 0 Å². The summed E-state index contributed by atoms with van der Waals surface area (Å²) in [5, 5.41) is 16.7. The maximum atomic E-state index is 11.9. The zero-order valence-corrected chi connectivity index (χ0v) is 10.2. The van der Waals surface area contributed by atoms with Gasteiger partial charge in [-0.25, -0.2) is 4.57 Å². The standard InChI is InChI=1S/C11H16N4O3/c1-14-9(4-5-10(14)15(17)18)11(16)13-7-8-3-2-6-12-8/h4-5,8,12H,2-3,6-7H2,1H3,(H,13,16). The van der Waals surface area contributed by atoms with Crippen molar-refractivity contribution in [2.75, 3.05) is 13.1 Å². The van der Waals surface area contributed by atoms with Crippen molar-refractivity contribution in [1.82, 2.24) is 15.2 Å². The Kier molecular flexibility index (Phi) is 3.61. The number of amides is 1. The maximum absolute atomic E-state index is 11.9. The highest BCUT2D eigenvalue weighted by Gasteiger charge is 2.21. The van der Waals surface area contributed by atoms with E-state index in [1.54, 1.807) is 0 Å². The highest BCUT2D eigenvalue weighted by atomic mass is 16.6. The van der Waals surface area contributed by atoms with E-state index in [1.165, 1.54) is 23.7 Å². The number of rotatable bonds is 4. The van der Waals surface area contributed by atoms with E-state index in [4.69, 9.17) is 0 Å². The van der Waals surface area contributed by atoms with E-state index in [9.17, 15) is 14.9 Å². The van der Waals surface area contributed by atoms with E-state index < -0.39 is 4.92 Å². The molecule has 2 heterocycles. The first-order chi connectivity index (χ1) is 8.59. The number of hydrogen-bond acceptors (Lipinski definition) is 4. The first-order valence-electron chi connectivity index (χ1n) is 5.91. The number of carbonyl (C=O) groups is 1. The number of nitrogens with one attached hydrogen (secondary N) is 2. The molecule has 18 heavy (non-hydrogen) atoms. The first kappa shape index (κ1) is 12.6. The number of nitro groups is 1. The summed E-state index contributed by atoms with van der Waals surface area (Å²) in [7, 11) is 1.51. The third kappa shape index (κ3) is 2.51. The summed E-state index contributed by atoms with van der Waals surface area (Å²) >= 11 is 0. The fourth-order valence-corrected chi connectivity index (χ4v) is 2.15. The Morgan fingerprint density at radius 3 is 3.00 bits per heavy atom. The second kappa shape index (κ2) is 5.18. The van der Waals surface area contributed by atoms with Crippen molar-refractivity contribution in [1.29, 1.82) is 0 Å². The van der Waals surface area contributed by atoms with Crippen molar-refractivity contribution in [3.63, 3.8) is 0 Å². The Labute approximate surface area is 104 Å². The van der Waals surface area contributed by atoms with Gasteiger partial charge in [-0.15, -0.1) is 0 Å². The van der Waals surface area contributed by atoms with Gasteiger partial charge in [0, 0.05) is 18.7 Å². The summed E-state index contributed by atoms with van der Waals surface area (Å²) in [4.78, 5) is 22.0. The van der Waals surface area contributed by atoms with E-state index >= 15 is 0 Å². The lowest BCUT2D eigenvalue weighted by molar-refractivity contribution is -0.391. The highest BCUT2D eigenvalue weighted by molar-refractivity contribution is 5.93. The van der Waals surface area contributed by atoms with Gasteiger partial charge in [-0.3, -0.25) is 4.79 Å². The van der Waals surface area contributed by atoms with Gasteiger partial charge < -0.3 is 20.7 Å². The molecule has 1 fully saturated rings. The largest absolute Gasteiger partial charge is 0.358 e. The van der Waals surface area contributed by atoms with Gasteiger partial charge in [0.15, 0.2) is 5.69 Å². The second-order valence-electron chi connectivity index (χ2n) is 4.40. The van der Waals surface area contributed by atoms with Crippen molar-refractivity contribution >= 4 is 11.7 Å². The van der Waals surface area contributed by atoms with Gasteiger partial charge in [0.1, 0.15) is 0 Å². The van der Waals surface area contributed by atoms with Crippen LogP contribution in [0.25, 0.3) is 0 Å². The molecule has 1 unspecified atom stereocenters. The Bertz CT molecular complexity index is 463. The smallest absolute Gasteiger partial charge is 0.323 e. The Hall–Kier alpha value is -1.89. The lowest BCUT2D eigenvalue weighted by Crippen LogP contribution is -2.37. The predicted octanol–water partition coefficient (Wildman–Crippen LogP) is 0.415. The number of nitrogens with zero attached hydrogens (tertiary/aromatic N) is 2. The molecule has 1 aliphatic heterocycles. The molecule has 7 heteroatoms. The molecule has 2 rings (SSSR count). The van der Waals surface area contributed by atoms with Crippen LogP contribution in [-0.2, 0) is 7.05 Å². The molecule has 1 aliphatic rings.